The van der Waals surface area contributed by atoms with Crippen LogP contribution >= 0.6 is 0 Å². The first-order valence-corrected chi connectivity index (χ1v) is 12.6. The summed E-state index contributed by atoms with van der Waals surface area (Å²) in [7, 11) is -1.66. The van der Waals surface area contributed by atoms with Crippen molar-refractivity contribution in [2.24, 2.45) is 0 Å². The average Bonchev–Trinajstić information content (AvgIpc) is 2.31. The molecule has 21 heavy (non-hydrogen) atoms. The number of hydrogen-bond acceptors (Lipinski definition) is 5. The van der Waals surface area contributed by atoms with Crippen LogP contribution in [-0.2, 0) is 22.4 Å². The second-order valence-electron chi connectivity index (χ2n) is 6.09. The Morgan fingerprint density at radius 2 is 0.905 bits per heavy atom. The Kier molecular flexibility index (Phi) is 7.56. The van der Waals surface area contributed by atoms with Gasteiger partial charge in [0.05, 0.1) is 14.2 Å². The molecular formula is C14H30O5Si2. The molecule has 7 heteroatoms. The second kappa shape index (κ2) is 7.91. The fraction of sp³-hybridized carbons (Fsp3) is 0.714. The van der Waals surface area contributed by atoms with Crippen LogP contribution in [0.25, 0.3) is 0 Å². The third-order valence-corrected chi connectivity index (χ3v) is 7.64. The third-order valence-electron chi connectivity index (χ3n) is 2.36. The summed E-state index contributed by atoms with van der Waals surface area (Å²) in [5.74, 6) is 1.04. The van der Waals surface area contributed by atoms with Crippen LogP contribution in [0.3, 0.4) is 0 Å². The van der Waals surface area contributed by atoms with Crippen molar-refractivity contribution in [3.05, 3.63) is 23.0 Å². The topological polar surface area (TPSA) is 46.2 Å². The van der Waals surface area contributed by atoms with Crippen molar-refractivity contribution >= 4 is 17.1 Å². The molecule has 0 aliphatic rings. The van der Waals surface area contributed by atoms with Crippen LogP contribution in [0.2, 0.25) is 26.2 Å². The highest BCUT2D eigenvalue weighted by Crippen LogP contribution is 2.23. The molecule has 124 valence electrons. The van der Waals surface area contributed by atoms with Crippen LogP contribution in [0, 0.1) is 0 Å². The van der Waals surface area contributed by atoms with Crippen molar-refractivity contribution in [1.82, 2.24) is 0 Å². The van der Waals surface area contributed by atoms with E-state index in [0.717, 1.165) is 11.1 Å². The lowest BCUT2D eigenvalue weighted by Gasteiger charge is -2.33. The maximum atomic E-state index is 6.20. The summed E-state index contributed by atoms with van der Waals surface area (Å²) in [4.78, 5) is 0. The molecule has 0 atom stereocenters. The number of allylic oxidation sites excluding steroid dienone is 2. The molecule has 0 fully saturated rings. The zero-order valence-electron chi connectivity index (χ0n) is 15.0. The zero-order chi connectivity index (χ0) is 16.8. The lowest BCUT2D eigenvalue weighted by Crippen LogP contribution is -2.48. The normalized spacial score (nSPS) is 11.5. The molecule has 0 bridgehead atoms. The first-order chi connectivity index (χ1) is 9.44. The molecule has 0 aromatic rings. The van der Waals surface area contributed by atoms with E-state index in [0.29, 0.717) is 11.9 Å². The summed E-state index contributed by atoms with van der Waals surface area (Å²) in [6, 6.07) is 0. The quantitative estimate of drug-likeness (QED) is 0.491. The van der Waals surface area contributed by atoms with Crippen molar-refractivity contribution in [3.8, 4) is 0 Å². The minimum atomic E-state index is -2.42. The molecule has 0 N–H and O–H groups in total. The first-order valence-electron chi connectivity index (χ1n) is 6.95. The van der Waals surface area contributed by atoms with E-state index >= 15 is 0 Å². The van der Waals surface area contributed by atoms with Gasteiger partial charge in [0.2, 0.25) is 0 Å². The largest absolute Gasteiger partial charge is 0.495 e. The molecule has 0 aromatic heterocycles. The Balaban J connectivity index is 4.99. The minimum absolute atomic E-state index is 0.519. The van der Waals surface area contributed by atoms with Gasteiger partial charge in [-0.1, -0.05) is 0 Å². The summed E-state index contributed by atoms with van der Waals surface area (Å²) in [6.07, 6.45) is 0. The van der Waals surface area contributed by atoms with Gasteiger partial charge in [-0.3, -0.25) is 0 Å². The van der Waals surface area contributed by atoms with Gasteiger partial charge in [-0.05, 0) is 53.9 Å². The van der Waals surface area contributed by atoms with Gasteiger partial charge in [0, 0.05) is 11.1 Å². The van der Waals surface area contributed by atoms with Crippen molar-refractivity contribution in [2.45, 2.75) is 53.9 Å². The van der Waals surface area contributed by atoms with E-state index in [-0.39, 0.29) is 0 Å². The summed E-state index contributed by atoms with van der Waals surface area (Å²) >= 11 is 0. The molecular weight excluding hydrogens is 304 g/mol. The fourth-order valence-corrected chi connectivity index (χ4v) is 8.31. The van der Waals surface area contributed by atoms with Crippen LogP contribution in [0.4, 0.5) is 0 Å². The van der Waals surface area contributed by atoms with Gasteiger partial charge in [0.1, 0.15) is 0 Å². The van der Waals surface area contributed by atoms with Gasteiger partial charge in [0.15, 0.2) is 0 Å². The van der Waals surface area contributed by atoms with Gasteiger partial charge in [0.25, 0.3) is 11.9 Å². The van der Waals surface area contributed by atoms with E-state index in [1.165, 1.54) is 0 Å². The highest BCUT2D eigenvalue weighted by Gasteiger charge is 2.40. The zero-order valence-corrected chi connectivity index (χ0v) is 17.0. The van der Waals surface area contributed by atoms with Gasteiger partial charge >= 0.3 is 17.1 Å². The van der Waals surface area contributed by atoms with Crippen molar-refractivity contribution in [3.63, 3.8) is 0 Å². The maximum absolute atomic E-state index is 6.20. The smallest absolute Gasteiger partial charge is 0.387 e. The van der Waals surface area contributed by atoms with Gasteiger partial charge < -0.3 is 22.4 Å². The first kappa shape index (κ1) is 20.1. The highest BCUT2D eigenvalue weighted by atomic mass is 28.5. The summed E-state index contributed by atoms with van der Waals surface area (Å²) in [6.45, 7) is 15.7. The third kappa shape index (κ3) is 7.59. The number of methoxy groups -OCH3 is 2. The monoisotopic (exact) mass is 334 g/mol. The number of ether oxygens (including phenoxy) is 2. The van der Waals surface area contributed by atoms with Crippen LogP contribution in [0.15, 0.2) is 23.0 Å². The second-order valence-corrected chi connectivity index (χ2v) is 12.9. The summed E-state index contributed by atoms with van der Waals surface area (Å²) in [5, 5.41) is 0. The van der Waals surface area contributed by atoms with E-state index in [1.807, 2.05) is 53.9 Å². The molecule has 0 amide bonds. The SMILES string of the molecule is COC(O[Si](C)(C)O[Si](C)(C)OC(OC)=C(C)C)=C(C)C. The lowest BCUT2D eigenvalue weighted by molar-refractivity contribution is 0.102. The molecule has 0 aliphatic carbocycles. The Morgan fingerprint density at radius 1 is 0.619 bits per heavy atom. The molecule has 0 aromatic carbocycles. The van der Waals surface area contributed by atoms with E-state index in [9.17, 15) is 0 Å². The maximum Gasteiger partial charge on any atom is 0.387 e. The molecule has 5 nitrogen and oxygen atoms in total. The van der Waals surface area contributed by atoms with Crippen LogP contribution in [-0.4, -0.2) is 31.3 Å². The van der Waals surface area contributed by atoms with Crippen LogP contribution in [0.1, 0.15) is 27.7 Å². The van der Waals surface area contributed by atoms with E-state index in [1.54, 1.807) is 14.2 Å². The standard InChI is InChI=1S/C14H30O5Si2/c1-11(2)13(15-5)17-20(7,8)19-21(9,10)18-14(16-6)12(3)4/h1-10H3. The van der Waals surface area contributed by atoms with Crippen molar-refractivity contribution in [2.75, 3.05) is 14.2 Å². The van der Waals surface area contributed by atoms with Crippen LogP contribution in [0.5, 0.6) is 0 Å². The average molecular weight is 335 g/mol. The van der Waals surface area contributed by atoms with Crippen molar-refractivity contribution in [1.29, 1.82) is 0 Å². The van der Waals surface area contributed by atoms with Gasteiger partial charge in [-0.2, -0.15) is 0 Å². The molecule has 0 radical (unpaired) electrons. The van der Waals surface area contributed by atoms with E-state index in [2.05, 4.69) is 0 Å². The van der Waals surface area contributed by atoms with Gasteiger partial charge in [-0.25, -0.2) is 0 Å². The molecule has 0 rings (SSSR count). The van der Waals surface area contributed by atoms with Gasteiger partial charge in [-0.15, -0.1) is 0 Å². The Hall–Kier alpha value is -0.926. The lowest BCUT2D eigenvalue weighted by atomic mass is 10.4. The Bertz CT molecular complexity index is 368. The fourth-order valence-electron chi connectivity index (χ4n) is 1.78. The number of hydrogen-bond donors (Lipinski definition) is 0. The molecule has 0 unspecified atom stereocenters. The molecule has 0 saturated heterocycles. The molecule has 0 saturated carbocycles. The molecule has 0 aliphatic heterocycles. The highest BCUT2D eigenvalue weighted by molar-refractivity contribution is 6.78. The molecule has 0 spiro atoms. The predicted molar refractivity (Wildman–Crippen MR) is 89.0 cm³/mol. The number of rotatable bonds is 8. The van der Waals surface area contributed by atoms with Crippen LogP contribution < -0.4 is 0 Å². The molecule has 0 heterocycles. The summed E-state index contributed by atoms with van der Waals surface area (Å²) < 4.78 is 28.6. The predicted octanol–water partition coefficient (Wildman–Crippen LogP) is 4.24. The van der Waals surface area contributed by atoms with E-state index in [4.69, 9.17) is 22.4 Å². The Labute approximate surface area is 131 Å². The Morgan fingerprint density at radius 3 is 1.10 bits per heavy atom. The van der Waals surface area contributed by atoms with E-state index < -0.39 is 17.1 Å². The summed E-state index contributed by atoms with van der Waals surface area (Å²) in [5.41, 5.74) is 1.95. The minimum Gasteiger partial charge on any atom is -0.495 e. The van der Waals surface area contributed by atoms with Crippen molar-refractivity contribution < 1.29 is 22.4 Å².